The molecule has 3 aromatic rings. The molecular weight excluding hydrogens is 612 g/mol. The number of rotatable bonds is 12. The van der Waals surface area contributed by atoms with Crippen molar-refractivity contribution in [2.45, 2.75) is 37.5 Å². The Bertz CT molecular complexity index is 1600. The molecule has 0 aliphatic carbocycles. The van der Waals surface area contributed by atoms with E-state index in [1.807, 2.05) is 0 Å². The number of ether oxygens (including phenoxy) is 2. The Labute approximate surface area is 259 Å². The molecule has 45 heavy (non-hydrogen) atoms. The van der Waals surface area contributed by atoms with Gasteiger partial charge in [-0.3, -0.25) is 29.8 Å². The van der Waals surface area contributed by atoms with Gasteiger partial charge in [-0.25, -0.2) is 9.59 Å². The van der Waals surface area contributed by atoms with Crippen molar-refractivity contribution in [3.63, 3.8) is 0 Å². The number of non-ortho nitro benzene ring substituents is 2. The average molecular weight is 639 g/mol. The minimum absolute atomic E-state index is 0.0904. The number of nitro benzene ring substituents is 2. The van der Waals surface area contributed by atoms with E-state index >= 15 is 0 Å². The summed E-state index contributed by atoms with van der Waals surface area (Å²) in [5, 5.41) is 34.9. The molecule has 0 radical (unpaired) electrons. The molecule has 1 heterocycles. The van der Waals surface area contributed by atoms with E-state index < -0.39 is 51.4 Å². The van der Waals surface area contributed by atoms with Crippen LogP contribution in [0.5, 0.6) is 0 Å². The van der Waals surface area contributed by atoms with Crippen molar-refractivity contribution < 1.29 is 43.6 Å². The predicted molar refractivity (Wildman–Crippen MR) is 158 cm³/mol. The van der Waals surface area contributed by atoms with E-state index in [2.05, 4.69) is 10.6 Å². The summed E-state index contributed by atoms with van der Waals surface area (Å²) in [7, 11) is 0. The molecule has 15 nitrogen and oxygen atoms in total. The van der Waals surface area contributed by atoms with Crippen molar-refractivity contribution >= 4 is 46.4 Å². The number of hydrogen-bond acceptors (Lipinski definition) is 11. The quantitative estimate of drug-likeness (QED) is 0.106. The van der Waals surface area contributed by atoms with Crippen molar-refractivity contribution in [2.24, 2.45) is 5.92 Å². The predicted octanol–water partition coefficient (Wildman–Crippen LogP) is 4.74. The third kappa shape index (κ3) is 8.54. The van der Waals surface area contributed by atoms with E-state index in [0.717, 1.165) is 11.8 Å². The van der Waals surface area contributed by atoms with E-state index in [4.69, 9.17) is 9.47 Å². The van der Waals surface area contributed by atoms with Gasteiger partial charge in [0.1, 0.15) is 18.6 Å². The zero-order chi connectivity index (χ0) is 32.7. The summed E-state index contributed by atoms with van der Waals surface area (Å²) in [5.41, 5.74) is 1.79. The van der Waals surface area contributed by atoms with Gasteiger partial charge in [0.25, 0.3) is 11.4 Å². The molecule has 1 aliphatic heterocycles. The molecule has 0 saturated carbocycles. The van der Waals surface area contributed by atoms with Crippen LogP contribution in [0, 0.1) is 26.1 Å². The molecule has 234 valence electrons. The molecule has 16 heteroatoms. The lowest BCUT2D eigenvalue weighted by Gasteiger charge is -2.38. The van der Waals surface area contributed by atoms with Crippen LogP contribution in [-0.2, 0) is 27.3 Å². The highest BCUT2D eigenvalue weighted by atomic mass is 32.2. The Morgan fingerprint density at radius 2 is 1.49 bits per heavy atom. The van der Waals surface area contributed by atoms with Gasteiger partial charge < -0.3 is 25.2 Å². The summed E-state index contributed by atoms with van der Waals surface area (Å²) in [6.45, 7) is 1.29. The normalized spacial score (nSPS) is 16.7. The summed E-state index contributed by atoms with van der Waals surface area (Å²) in [4.78, 5) is 69.4. The van der Waals surface area contributed by atoms with Gasteiger partial charge in [0.05, 0.1) is 21.3 Å². The maximum atomic E-state index is 13.0. The molecule has 4 unspecified atom stereocenters. The van der Waals surface area contributed by atoms with Crippen LogP contribution in [-0.4, -0.2) is 49.7 Å². The highest BCUT2D eigenvalue weighted by Gasteiger charge is 2.46. The van der Waals surface area contributed by atoms with Crippen molar-refractivity contribution in [1.29, 1.82) is 0 Å². The minimum Gasteiger partial charge on any atom is -0.465 e. The molecule has 1 saturated heterocycles. The minimum atomic E-state index is -1.27. The smallest absolute Gasteiger partial charge is 0.465 e. The first-order valence-corrected chi connectivity index (χ1v) is 14.2. The van der Waals surface area contributed by atoms with Crippen molar-refractivity contribution in [1.82, 2.24) is 10.6 Å². The number of carbonyl (C=O) groups is 4. The Morgan fingerprint density at radius 1 is 0.933 bits per heavy atom. The number of carbonyl (C=O) groups excluding carboxylic acids is 3. The number of thioether (sulfide) groups is 1. The SMILES string of the molecule is CC(OC(=O)OCc1ccc([N+](=O)[O-])cc1)C1C(=O)NC1SC(=O)c1ccc(C(Cc2ccc([N+](=O)[O-])cc2)NC(=O)O)cc1. The highest BCUT2D eigenvalue weighted by molar-refractivity contribution is 8.14. The second-order valence-corrected chi connectivity index (χ2v) is 11.0. The van der Waals surface area contributed by atoms with Crippen molar-refractivity contribution in [3.8, 4) is 0 Å². The lowest BCUT2D eigenvalue weighted by Crippen LogP contribution is -2.61. The fourth-order valence-corrected chi connectivity index (χ4v) is 5.64. The number of β-lactam (4-membered cyclic amide) rings is 1. The molecule has 1 aliphatic rings. The third-order valence-electron chi connectivity index (χ3n) is 6.87. The first-order valence-electron chi connectivity index (χ1n) is 13.3. The summed E-state index contributed by atoms with van der Waals surface area (Å²) in [5.74, 6) is -1.25. The molecule has 4 atom stereocenters. The lowest BCUT2D eigenvalue weighted by atomic mass is 9.96. The van der Waals surface area contributed by atoms with Crippen molar-refractivity contribution in [3.05, 3.63) is 115 Å². The molecule has 1 fully saturated rings. The van der Waals surface area contributed by atoms with Gasteiger partial charge in [-0.05, 0) is 42.2 Å². The van der Waals surface area contributed by atoms with Gasteiger partial charge in [-0.15, -0.1) is 0 Å². The molecule has 0 spiro atoms. The van der Waals surface area contributed by atoms with Crippen LogP contribution in [0.4, 0.5) is 21.0 Å². The van der Waals surface area contributed by atoms with Crippen LogP contribution in [0.1, 0.15) is 40.0 Å². The zero-order valence-electron chi connectivity index (χ0n) is 23.5. The van der Waals surface area contributed by atoms with Gasteiger partial charge >= 0.3 is 12.2 Å². The van der Waals surface area contributed by atoms with Gasteiger partial charge in [0.2, 0.25) is 11.0 Å². The molecule has 0 aromatic heterocycles. The Kier molecular flexibility index (Phi) is 10.3. The zero-order valence-corrected chi connectivity index (χ0v) is 24.3. The topological polar surface area (TPSA) is 217 Å². The Balaban J connectivity index is 1.32. The first-order chi connectivity index (χ1) is 21.4. The van der Waals surface area contributed by atoms with E-state index in [1.165, 1.54) is 67.6 Å². The van der Waals surface area contributed by atoms with Gasteiger partial charge in [0, 0.05) is 29.8 Å². The number of nitro groups is 2. The average Bonchev–Trinajstić information content (AvgIpc) is 2.99. The lowest BCUT2D eigenvalue weighted by molar-refractivity contribution is -0.385. The molecular formula is C29H26N4O11S. The summed E-state index contributed by atoms with van der Waals surface area (Å²) in [6, 6.07) is 16.6. The monoisotopic (exact) mass is 638 g/mol. The number of carboxylic acid groups (broad SMARTS) is 1. The molecule has 0 bridgehead atoms. The maximum Gasteiger partial charge on any atom is 0.508 e. The van der Waals surface area contributed by atoms with Crippen LogP contribution in [0.15, 0.2) is 72.8 Å². The summed E-state index contributed by atoms with van der Waals surface area (Å²) < 4.78 is 10.3. The fourth-order valence-electron chi connectivity index (χ4n) is 4.47. The third-order valence-corrected chi connectivity index (χ3v) is 7.99. The van der Waals surface area contributed by atoms with Crippen LogP contribution in [0.3, 0.4) is 0 Å². The fraction of sp³-hybridized carbons (Fsp3) is 0.241. The van der Waals surface area contributed by atoms with Crippen LogP contribution >= 0.6 is 11.8 Å². The molecule has 3 N–H and O–H groups in total. The van der Waals surface area contributed by atoms with E-state index in [9.17, 15) is 44.5 Å². The number of nitrogens with zero attached hydrogens (tertiary/aromatic N) is 2. The van der Waals surface area contributed by atoms with Crippen LogP contribution in [0.2, 0.25) is 0 Å². The van der Waals surface area contributed by atoms with Crippen LogP contribution in [0.25, 0.3) is 0 Å². The number of benzene rings is 3. The number of amides is 2. The van der Waals surface area contributed by atoms with Gasteiger partial charge in [-0.2, -0.15) is 0 Å². The maximum absolute atomic E-state index is 13.0. The largest absolute Gasteiger partial charge is 0.508 e. The van der Waals surface area contributed by atoms with E-state index in [-0.39, 0.29) is 35.1 Å². The highest BCUT2D eigenvalue weighted by Crippen LogP contribution is 2.33. The number of hydrogen-bond donors (Lipinski definition) is 3. The van der Waals surface area contributed by atoms with E-state index in [1.54, 1.807) is 12.1 Å². The second-order valence-electron chi connectivity index (χ2n) is 9.90. The Morgan fingerprint density at radius 3 is 2.00 bits per heavy atom. The van der Waals surface area contributed by atoms with Crippen molar-refractivity contribution in [2.75, 3.05) is 0 Å². The summed E-state index contributed by atoms with van der Waals surface area (Å²) >= 11 is 0.829. The molecule has 3 aromatic carbocycles. The molecule has 2 amide bonds. The Hall–Kier alpha value is -5.51. The standard InChI is InChI=1S/C29H26N4O11S/c1-16(44-29(38)43-15-18-4-12-22(13-5-18)33(41)42)24-25(34)31-26(24)45-27(35)20-8-6-19(7-9-20)23(30-28(36)37)14-17-2-10-21(11-3-17)32(39)40/h2-13,16,23-24,26,30H,14-15H2,1H3,(H,31,34)(H,36,37). The second kappa shape index (κ2) is 14.3. The van der Waals surface area contributed by atoms with Gasteiger partial charge in [0.15, 0.2) is 0 Å². The first kappa shape index (κ1) is 32.4. The molecule has 4 rings (SSSR count). The summed E-state index contributed by atoms with van der Waals surface area (Å²) in [6.07, 6.45) is -3.05. The van der Waals surface area contributed by atoms with Crippen LogP contribution < -0.4 is 10.6 Å². The van der Waals surface area contributed by atoms with Gasteiger partial charge in [-0.1, -0.05) is 48.2 Å². The number of nitrogens with one attached hydrogen (secondary N) is 2. The van der Waals surface area contributed by atoms with E-state index in [0.29, 0.717) is 16.7 Å².